The summed E-state index contributed by atoms with van der Waals surface area (Å²) in [6.07, 6.45) is 6.21. The van der Waals surface area contributed by atoms with Gasteiger partial charge >= 0.3 is 11.9 Å². The van der Waals surface area contributed by atoms with Gasteiger partial charge in [0.1, 0.15) is 12.2 Å². The van der Waals surface area contributed by atoms with Crippen molar-refractivity contribution in [2.24, 2.45) is 11.8 Å². The van der Waals surface area contributed by atoms with Crippen LogP contribution in [-0.2, 0) is 23.7 Å². The summed E-state index contributed by atoms with van der Waals surface area (Å²) >= 11 is 0. The monoisotopic (exact) mass is 492 g/mol. The van der Waals surface area contributed by atoms with Crippen molar-refractivity contribution >= 4 is 11.9 Å². The van der Waals surface area contributed by atoms with Crippen LogP contribution in [0.5, 0.6) is 0 Å². The Morgan fingerprint density at radius 2 is 1.69 bits per heavy atom. The average Bonchev–Trinajstić information content (AvgIpc) is 3.59. The molecule has 192 valence electrons. The van der Waals surface area contributed by atoms with E-state index in [4.69, 9.17) is 18.9 Å². The number of unbranched alkanes of at least 4 members (excludes halogenated alkanes) is 2. The highest BCUT2D eigenvalue weighted by atomic mass is 16.7. The fourth-order valence-corrected chi connectivity index (χ4v) is 6.07. The van der Waals surface area contributed by atoms with Gasteiger partial charge in [-0.25, -0.2) is 4.79 Å². The van der Waals surface area contributed by atoms with Crippen LogP contribution in [0.25, 0.3) is 11.1 Å². The van der Waals surface area contributed by atoms with Gasteiger partial charge in [-0.2, -0.15) is 0 Å². The molecule has 3 fully saturated rings. The van der Waals surface area contributed by atoms with Crippen LogP contribution in [0.3, 0.4) is 0 Å². The number of rotatable bonds is 10. The van der Waals surface area contributed by atoms with Gasteiger partial charge in [0.15, 0.2) is 5.79 Å². The number of carbonyl (C=O) groups excluding carboxylic acids is 2. The number of fused-ring (bicyclic) bond motifs is 1. The number of ether oxygens (including phenoxy) is 4. The minimum Gasteiger partial charge on any atom is -0.462 e. The Balaban J connectivity index is 1.26. The summed E-state index contributed by atoms with van der Waals surface area (Å²) < 4.78 is 23.8. The quantitative estimate of drug-likeness (QED) is 0.302. The van der Waals surface area contributed by atoms with Crippen LogP contribution in [0, 0.1) is 11.8 Å². The van der Waals surface area contributed by atoms with Gasteiger partial charge in [-0.1, -0.05) is 62.2 Å². The highest BCUT2D eigenvalue weighted by Gasteiger charge is 2.52. The summed E-state index contributed by atoms with van der Waals surface area (Å²) in [6.45, 7) is 3.41. The van der Waals surface area contributed by atoms with E-state index in [2.05, 4.69) is 6.92 Å². The van der Waals surface area contributed by atoms with Crippen LogP contribution < -0.4 is 0 Å². The zero-order chi connectivity index (χ0) is 25.0. The molecular weight excluding hydrogens is 456 g/mol. The third-order valence-corrected chi connectivity index (χ3v) is 7.97. The summed E-state index contributed by atoms with van der Waals surface area (Å²) in [5.74, 6) is -0.919. The van der Waals surface area contributed by atoms with Crippen LogP contribution in [-0.4, -0.2) is 43.1 Å². The summed E-state index contributed by atoms with van der Waals surface area (Å²) in [7, 11) is 0. The number of hydrogen-bond acceptors (Lipinski definition) is 6. The maximum absolute atomic E-state index is 13.1. The van der Waals surface area contributed by atoms with Crippen LogP contribution in [0.1, 0.15) is 68.6 Å². The molecule has 0 aromatic heterocycles. The van der Waals surface area contributed by atoms with E-state index in [1.807, 2.05) is 54.6 Å². The molecule has 5 rings (SSSR count). The summed E-state index contributed by atoms with van der Waals surface area (Å²) in [4.78, 5) is 25.1. The zero-order valence-electron chi connectivity index (χ0n) is 21.0. The first kappa shape index (κ1) is 25.0. The predicted octanol–water partition coefficient (Wildman–Crippen LogP) is 5.93. The Bertz CT molecular complexity index is 1030. The topological polar surface area (TPSA) is 71.1 Å². The molecule has 4 atom stereocenters. The fraction of sp³-hybridized carbons (Fsp3) is 0.533. The molecule has 6 nitrogen and oxygen atoms in total. The van der Waals surface area contributed by atoms with E-state index in [9.17, 15) is 9.59 Å². The molecule has 2 saturated heterocycles. The molecule has 0 spiro atoms. The Morgan fingerprint density at radius 1 is 0.972 bits per heavy atom. The lowest BCUT2D eigenvalue weighted by molar-refractivity contribution is -0.171. The van der Waals surface area contributed by atoms with Crippen molar-refractivity contribution < 1.29 is 28.5 Å². The van der Waals surface area contributed by atoms with Crippen molar-refractivity contribution in [3.8, 4) is 11.1 Å². The fourth-order valence-electron chi connectivity index (χ4n) is 6.07. The third-order valence-electron chi connectivity index (χ3n) is 7.97. The van der Waals surface area contributed by atoms with E-state index in [1.165, 1.54) is 0 Å². The van der Waals surface area contributed by atoms with Crippen molar-refractivity contribution in [1.82, 2.24) is 0 Å². The molecule has 6 heteroatoms. The maximum Gasteiger partial charge on any atom is 0.338 e. The smallest absolute Gasteiger partial charge is 0.338 e. The Morgan fingerprint density at radius 3 is 2.42 bits per heavy atom. The number of esters is 2. The van der Waals surface area contributed by atoms with E-state index in [1.54, 1.807) is 0 Å². The van der Waals surface area contributed by atoms with E-state index in [-0.39, 0.29) is 36.0 Å². The number of benzene rings is 2. The SMILES string of the molecule is CCCCCC1(CC[C@@H]2[C@H]3CC(=O)O[C@H]3C[C@H]2OC(=O)c2ccc(-c3ccccc3)cc2)OCCO1. The predicted molar refractivity (Wildman–Crippen MR) is 135 cm³/mol. The molecule has 1 aliphatic carbocycles. The maximum atomic E-state index is 13.1. The third kappa shape index (κ3) is 5.50. The minimum absolute atomic E-state index is 0.0462. The summed E-state index contributed by atoms with van der Waals surface area (Å²) in [5, 5.41) is 0. The number of hydrogen-bond donors (Lipinski definition) is 0. The number of carbonyl (C=O) groups is 2. The lowest BCUT2D eigenvalue weighted by Crippen LogP contribution is -2.33. The highest BCUT2D eigenvalue weighted by Crippen LogP contribution is 2.46. The zero-order valence-corrected chi connectivity index (χ0v) is 21.0. The average molecular weight is 493 g/mol. The lowest BCUT2D eigenvalue weighted by Gasteiger charge is -2.31. The summed E-state index contributed by atoms with van der Waals surface area (Å²) in [6, 6.07) is 17.6. The molecule has 0 unspecified atom stereocenters. The normalized spacial score (nSPS) is 26.5. The van der Waals surface area contributed by atoms with E-state index in [0.29, 0.717) is 31.6 Å². The molecule has 2 aliphatic heterocycles. The van der Waals surface area contributed by atoms with Gasteiger partial charge in [0.25, 0.3) is 0 Å². The van der Waals surface area contributed by atoms with Gasteiger partial charge in [-0.05, 0) is 36.1 Å². The highest BCUT2D eigenvalue weighted by molar-refractivity contribution is 5.90. The summed E-state index contributed by atoms with van der Waals surface area (Å²) in [5.41, 5.74) is 2.69. The van der Waals surface area contributed by atoms with Gasteiger partial charge in [0.2, 0.25) is 0 Å². The van der Waals surface area contributed by atoms with Crippen molar-refractivity contribution in [1.29, 1.82) is 0 Å². The van der Waals surface area contributed by atoms with Crippen LogP contribution in [0.15, 0.2) is 54.6 Å². The Labute approximate surface area is 213 Å². The van der Waals surface area contributed by atoms with Crippen molar-refractivity contribution in [2.45, 2.75) is 76.3 Å². The second kappa shape index (κ2) is 11.1. The second-order valence-electron chi connectivity index (χ2n) is 10.3. The van der Waals surface area contributed by atoms with Crippen LogP contribution >= 0.6 is 0 Å². The van der Waals surface area contributed by atoms with Gasteiger partial charge in [0, 0.05) is 31.1 Å². The molecule has 2 aromatic carbocycles. The molecule has 0 N–H and O–H groups in total. The van der Waals surface area contributed by atoms with E-state index < -0.39 is 5.79 Å². The minimum atomic E-state index is -0.557. The van der Waals surface area contributed by atoms with Crippen molar-refractivity contribution in [2.75, 3.05) is 13.2 Å². The van der Waals surface area contributed by atoms with Crippen molar-refractivity contribution in [3.05, 3.63) is 60.2 Å². The molecule has 0 bridgehead atoms. The molecule has 0 radical (unpaired) electrons. The molecule has 2 heterocycles. The Kier molecular flexibility index (Phi) is 7.73. The first-order valence-corrected chi connectivity index (χ1v) is 13.4. The van der Waals surface area contributed by atoms with Gasteiger partial charge in [0.05, 0.1) is 25.2 Å². The van der Waals surface area contributed by atoms with Crippen molar-refractivity contribution in [3.63, 3.8) is 0 Å². The van der Waals surface area contributed by atoms with Crippen LogP contribution in [0.4, 0.5) is 0 Å². The van der Waals surface area contributed by atoms with Crippen LogP contribution in [0.2, 0.25) is 0 Å². The van der Waals surface area contributed by atoms with Gasteiger partial charge < -0.3 is 18.9 Å². The molecule has 2 aromatic rings. The second-order valence-corrected chi connectivity index (χ2v) is 10.3. The van der Waals surface area contributed by atoms with E-state index in [0.717, 1.165) is 49.7 Å². The first-order valence-electron chi connectivity index (χ1n) is 13.4. The van der Waals surface area contributed by atoms with Gasteiger partial charge in [-0.3, -0.25) is 4.79 Å². The molecule has 3 aliphatic rings. The Hall–Kier alpha value is -2.70. The lowest BCUT2D eigenvalue weighted by atomic mass is 9.86. The van der Waals surface area contributed by atoms with Gasteiger partial charge in [-0.15, -0.1) is 0 Å². The molecule has 36 heavy (non-hydrogen) atoms. The van der Waals surface area contributed by atoms with E-state index >= 15 is 0 Å². The molecule has 1 saturated carbocycles. The first-order chi connectivity index (χ1) is 17.6. The molecular formula is C30H36O6. The standard InChI is InChI=1S/C30H36O6/c1-2-3-7-15-30(33-17-18-34-30)16-14-24-25-19-28(31)35-27(25)20-26(24)36-29(32)23-12-10-22(11-13-23)21-8-5-4-6-9-21/h4-6,8-13,24-27H,2-3,7,14-20H2,1H3/t24-,25-,26-,27+/m1/s1. The largest absolute Gasteiger partial charge is 0.462 e. The molecule has 0 amide bonds.